The highest BCUT2D eigenvalue weighted by molar-refractivity contribution is 6.00. The fourth-order valence-corrected chi connectivity index (χ4v) is 3.69. The molecule has 3 heterocycles. The van der Waals surface area contributed by atoms with Gasteiger partial charge in [-0.3, -0.25) is 14.6 Å². The van der Waals surface area contributed by atoms with Gasteiger partial charge in [-0.15, -0.1) is 0 Å². The van der Waals surface area contributed by atoms with E-state index in [0.29, 0.717) is 12.8 Å². The monoisotopic (exact) mass is 286 g/mol. The van der Waals surface area contributed by atoms with Gasteiger partial charge in [0.15, 0.2) is 5.78 Å². The summed E-state index contributed by atoms with van der Waals surface area (Å²) in [6.45, 7) is 5.30. The lowest BCUT2D eigenvalue weighted by Crippen LogP contribution is -2.49. The summed E-state index contributed by atoms with van der Waals surface area (Å²) in [6.07, 6.45) is 4.36. The van der Waals surface area contributed by atoms with E-state index in [1.54, 1.807) is 0 Å². The maximum atomic E-state index is 11.9. The Morgan fingerprint density at radius 1 is 1.14 bits per heavy atom. The zero-order chi connectivity index (χ0) is 14.2. The molecule has 0 bridgehead atoms. The summed E-state index contributed by atoms with van der Waals surface area (Å²) in [5.41, 5.74) is 2.08. The van der Waals surface area contributed by atoms with E-state index < -0.39 is 0 Å². The summed E-state index contributed by atoms with van der Waals surface area (Å²) in [6, 6.07) is 8.11. The molecule has 0 N–H and O–H groups in total. The Balaban J connectivity index is 1.43. The first kappa shape index (κ1) is 13.4. The van der Waals surface area contributed by atoms with Crippen LogP contribution in [0.4, 0.5) is 0 Å². The first-order chi connectivity index (χ1) is 10.3. The number of Topliss-reactive ketones (excluding diaryl/α,β-unsaturated/α-hetero) is 1. The van der Waals surface area contributed by atoms with Crippen LogP contribution in [0.15, 0.2) is 24.3 Å². The molecular formula is C17H22N2O2. The average Bonchev–Trinajstić information content (AvgIpc) is 3.25. The Morgan fingerprint density at radius 2 is 1.90 bits per heavy atom. The van der Waals surface area contributed by atoms with E-state index in [9.17, 15) is 4.79 Å². The van der Waals surface area contributed by atoms with Crippen LogP contribution in [0, 0.1) is 0 Å². The van der Waals surface area contributed by atoms with Crippen LogP contribution < -0.4 is 0 Å². The largest absolute Gasteiger partial charge is 0.364 e. The van der Waals surface area contributed by atoms with Gasteiger partial charge in [-0.2, -0.15) is 0 Å². The summed E-state index contributed by atoms with van der Waals surface area (Å²) in [5, 5.41) is 0. The highest BCUT2D eigenvalue weighted by atomic mass is 16.6. The minimum absolute atomic E-state index is 0.126. The fraction of sp³-hybridized carbons (Fsp3) is 0.588. The minimum atomic E-state index is -0.176. The molecule has 0 amide bonds. The number of hydrogen-bond donors (Lipinski definition) is 0. The molecule has 0 aliphatic carbocycles. The number of fused-ring (bicyclic) bond motifs is 1. The molecule has 3 aliphatic rings. The molecule has 0 saturated carbocycles. The molecule has 4 rings (SSSR count). The van der Waals surface area contributed by atoms with Crippen molar-refractivity contribution >= 4 is 5.78 Å². The van der Waals surface area contributed by atoms with Crippen molar-refractivity contribution in [3.63, 3.8) is 0 Å². The summed E-state index contributed by atoms with van der Waals surface area (Å²) in [4.78, 5) is 17.1. The van der Waals surface area contributed by atoms with Crippen molar-refractivity contribution in [2.75, 3.05) is 26.2 Å². The molecule has 4 heteroatoms. The van der Waals surface area contributed by atoms with Gasteiger partial charge in [0.05, 0.1) is 12.8 Å². The summed E-state index contributed by atoms with van der Waals surface area (Å²) < 4.78 is 5.06. The molecule has 0 radical (unpaired) electrons. The van der Waals surface area contributed by atoms with Gasteiger partial charge in [0.25, 0.3) is 0 Å². The van der Waals surface area contributed by atoms with Gasteiger partial charge in [0.1, 0.15) is 6.10 Å². The van der Waals surface area contributed by atoms with Crippen LogP contribution in [0.3, 0.4) is 0 Å². The molecule has 3 aliphatic heterocycles. The predicted octanol–water partition coefficient (Wildman–Crippen LogP) is 1.90. The van der Waals surface area contributed by atoms with Crippen LogP contribution in [0.1, 0.15) is 35.2 Å². The first-order valence-corrected chi connectivity index (χ1v) is 8.04. The molecule has 3 saturated heterocycles. The molecular weight excluding hydrogens is 264 g/mol. The molecule has 2 atom stereocenters. The lowest BCUT2D eigenvalue weighted by Gasteiger charge is -2.40. The van der Waals surface area contributed by atoms with Gasteiger partial charge in [-0.05, 0) is 31.4 Å². The lowest BCUT2D eigenvalue weighted by atomic mass is 10.1. The van der Waals surface area contributed by atoms with Crippen LogP contribution in [-0.2, 0) is 11.3 Å². The molecule has 0 aromatic heterocycles. The SMILES string of the molecule is O=C(c1ccc(CN2CCCN3CCCC32)cc1)C1CO1. The number of carbonyl (C=O) groups is 1. The maximum absolute atomic E-state index is 11.9. The van der Waals surface area contributed by atoms with Gasteiger partial charge in [-0.25, -0.2) is 0 Å². The van der Waals surface area contributed by atoms with Crippen molar-refractivity contribution in [1.82, 2.24) is 9.80 Å². The minimum Gasteiger partial charge on any atom is -0.364 e. The number of benzene rings is 1. The number of carbonyl (C=O) groups excluding carboxylic acids is 1. The topological polar surface area (TPSA) is 36.1 Å². The van der Waals surface area contributed by atoms with Crippen molar-refractivity contribution in [2.24, 2.45) is 0 Å². The Labute approximate surface area is 125 Å². The van der Waals surface area contributed by atoms with Gasteiger partial charge in [-0.1, -0.05) is 24.3 Å². The van der Waals surface area contributed by atoms with Crippen LogP contribution in [0.5, 0.6) is 0 Å². The summed E-state index contributed by atoms with van der Waals surface area (Å²) >= 11 is 0. The number of rotatable bonds is 4. The lowest BCUT2D eigenvalue weighted by molar-refractivity contribution is 0.0287. The third-order valence-corrected chi connectivity index (χ3v) is 4.89. The van der Waals surface area contributed by atoms with Crippen molar-refractivity contribution in [3.05, 3.63) is 35.4 Å². The Hall–Kier alpha value is -1.23. The fourth-order valence-electron chi connectivity index (χ4n) is 3.69. The van der Waals surface area contributed by atoms with Crippen molar-refractivity contribution in [3.8, 4) is 0 Å². The normalized spacial score (nSPS) is 29.3. The number of nitrogens with zero attached hydrogens (tertiary/aromatic N) is 2. The molecule has 1 aromatic carbocycles. The number of ketones is 1. The van der Waals surface area contributed by atoms with Gasteiger partial charge in [0.2, 0.25) is 0 Å². The van der Waals surface area contributed by atoms with E-state index in [1.807, 2.05) is 12.1 Å². The van der Waals surface area contributed by atoms with E-state index in [0.717, 1.165) is 12.1 Å². The van der Waals surface area contributed by atoms with E-state index in [2.05, 4.69) is 21.9 Å². The van der Waals surface area contributed by atoms with E-state index in [4.69, 9.17) is 4.74 Å². The molecule has 2 unspecified atom stereocenters. The Kier molecular flexibility index (Phi) is 3.53. The summed E-state index contributed by atoms with van der Waals surface area (Å²) in [7, 11) is 0. The second kappa shape index (κ2) is 5.52. The van der Waals surface area contributed by atoms with Gasteiger partial charge in [0, 0.05) is 25.2 Å². The summed E-state index contributed by atoms with van der Waals surface area (Å²) in [5.74, 6) is 0.126. The molecule has 3 fully saturated rings. The molecule has 112 valence electrons. The van der Waals surface area contributed by atoms with E-state index >= 15 is 0 Å². The van der Waals surface area contributed by atoms with Gasteiger partial charge < -0.3 is 4.74 Å². The van der Waals surface area contributed by atoms with Crippen LogP contribution >= 0.6 is 0 Å². The second-order valence-corrected chi connectivity index (χ2v) is 6.37. The zero-order valence-electron chi connectivity index (χ0n) is 12.3. The number of ether oxygens (including phenoxy) is 1. The molecule has 4 nitrogen and oxygen atoms in total. The number of epoxide rings is 1. The van der Waals surface area contributed by atoms with Crippen LogP contribution in [0.25, 0.3) is 0 Å². The van der Waals surface area contributed by atoms with E-state index in [1.165, 1.54) is 44.5 Å². The predicted molar refractivity (Wildman–Crippen MR) is 80.1 cm³/mol. The van der Waals surface area contributed by atoms with Crippen LogP contribution in [0.2, 0.25) is 0 Å². The molecule has 21 heavy (non-hydrogen) atoms. The third-order valence-electron chi connectivity index (χ3n) is 4.89. The maximum Gasteiger partial charge on any atom is 0.193 e. The van der Waals surface area contributed by atoms with Crippen molar-refractivity contribution < 1.29 is 9.53 Å². The Morgan fingerprint density at radius 3 is 2.67 bits per heavy atom. The number of hydrogen-bond acceptors (Lipinski definition) is 4. The molecule has 1 aromatic rings. The van der Waals surface area contributed by atoms with Crippen molar-refractivity contribution in [1.29, 1.82) is 0 Å². The van der Waals surface area contributed by atoms with Gasteiger partial charge >= 0.3 is 0 Å². The van der Waals surface area contributed by atoms with Crippen molar-refractivity contribution in [2.45, 2.75) is 38.1 Å². The average molecular weight is 286 g/mol. The highest BCUT2D eigenvalue weighted by Crippen LogP contribution is 2.26. The molecule has 0 spiro atoms. The van der Waals surface area contributed by atoms with E-state index in [-0.39, 0.29) is 11.9 Å². The zero-order valence-corrected chi connectivity index (χ0v) is 12.3. The standard InChI is InChI=1S/C17H22N2O2/c20-17(15-12-21-15)14-6-4-13(5-7-14)11-19-10-2-9-18-8-1-3-16(18)19/h4-7,15-16H,1-3,8-12H2. The quantitative estimate of drug-likeness (QED) is 0.625. The first-order valence-electron chi connectivity index (χ1n) is 8.04. The second-order valence-electron chi connectivity index (χ2n) is 6.37. The smallest absolute Gasteiger partial charge is 0.193 e. The van der Waals surface area contributed by atoms with Crippen LogP contribution in [-0.4, -0.2) is 54.1 Å². The highest BCUT2D eigenvalue weighted by Gasteiger charge is 2.33. The Bertz CT molecular complexity index is 524. The third kappa shape index (κ3) is 2.76.